The summed E-state index contributed by atoms with van der Waals surface area (Å²) in [5, 5.41) is 2.08. The van der Waals surface area contributed by atoms with E-state index in [-0.39, 0.29) is 11.6 Å². The van der Waals surface area contributed by atoms with Gasteiger partial charge in [-0.2, -0.15) is 0 Å². The second-order valence-electron chi connectivity index (χ2n) is 4.34. The maximum Gasteiger partial charge on any atom is 0.0745 e. The van der Waals surface area contributed by atoms with Crippen molar-refractivity contribution in [2.24, 2.45) is 5.84 Å². The fourth-order valence-corrected chi connectivity index (χ4v) is 3.63. The van der Waals surface area contributed by atoms with Crippen molar-refractivity contribution in [1.82, 2.24) is 10.3 Å². The quantitative estimate of drug-likeness (QED) is 0.649. The molecule has 92 valence electrons. The lowest BCUT2D eigenvalue weighted by molar-refractivity contribution is 0.114. The molecule has 0 saturated heterocycles. The van der Waals surface area contributed by atoms with Crippen LogP contribution in [0, 0.1) is 0 Å². The average Bonchev–Trinajstić information content (AvgIpc) is 2.65. The van der Waals surface area contributed by atoms with E-state index in [9.17, 15) is 0 Å². The summed E-state index contributed by atoms with van der Waals surface area (Å²) in [6, 6.07) is 2.19. The second kappa shape index (κ2) is 5.60. The molecule has 0 bridgehead atoms. The van der Waals surface area contributed by atoms with Gasteiger partial charge in [-0.25, -0.2) is 0 Å². The highest BCUT2D eigenvalue weighted by molar-refractivity contribution is 9.10. The molecular formula is C11H20BrN3S. The SMILES string of the molecule is CCC(C)(C(NN)c1sccc1Br)N(C)C. The molecule has 0 aromatic carbocycles. The van der Waals surface area contributed by atoms with Crippen LogP contribution < -0.4 is 11.3 Å². The van der Waals surface area contributed by atoms with Gasteiger partial charge in [0.2, 0.25) is 0 Å². The third-order valence-electron chi connectivity index (χ3n) is 3.43. The molecule has 0 radical (unpaired) electrons. The number of likely N-dealkylation sites (N-methyl/N-ethyl adjacent to an activating group) is 1. The molecule has 0 aliphatic rings. The Morgan fingerprint density at radius 3 is 2.56 bits per heavy atom. The largest absolute Gasteiger partial charge is 0.302 e. The first-order chi connectivity index (χ1) is 7.47. The molecule has 0 amide bonds. The van der Waals surface area contributed by atoms with Crippen LogP contribution in [0.25, 0.3) is 0 Å². The van der Waals surface area contributed by atoms with Gasteiger partial charge in [-0.3, -0.25) is 11.3 Å². The first kappa shape index (κ1) is 14.1. The van der Waals surface area contributed by atoms with Crippen LogP contribution in [0.3, 0.4) is 0 Å². The topological polar surface area (TPSA) is 41.3 Å². The van der Waals surface area contributed by atoms with Crippen molar-refractivity contribution in [1.29, 1.82) is 0 Å². The van der Waals surface area contributed by atoms with Crippen molar-refractivity contribution in [2.75, 3.05) is 14.1 Å². The Morgan fingerprint density at radius 1 is 1.62 bits per heavy atom. The van der Waals surface area contributed by atoms with Crippen molar-refractivity contribution in [3.05, 3.63) is 20.8 Å². The number of nitrogens with one attached hydrogen (secondary N) is 1. The number of hydrogen-bond acceptors (Lipinski definition) is 4. The molecule has 0 fully saturated rings. The Bertz CT molecular complexity index is 340. The molecule has 2 unspecified atom stereocenters. The Balaban J connectivity index is 3.11. The van der Waals surface area contributed by atoms with Crippen molar-refractivity contribution >= 4 is 27.3 Å². The van der Waals surface area contributed by atoms with Gasteiger partial charge in [0.25, 0.3) is 0 Å². The van der Waals surface area contributed by atoms with Crippen LogP contribution in [0.1, 0.15) is 31.2 Å². The van der Waals surface area contributed by atoms with Gasteiger partial charge >= 0.3 is 0 Å². The van der Waals surface area contributed by atoms with Crippen LogP contribution >= 0.6 is 27.3 Å². The molecule has 3 nitrogen and oxygen atoms in total. The zero-order valence-electron chi connectivity index (χ0n) is 10.2. The Labute approximate surface area is 110 Å². The van der Waals surface area contributed by atoms with E-state index < -0.39 is 0 Å². The third kappa shape index (κ3) is 2.49. The van der Waals surface area contributed by atoms with Gasteiger partial charge in [-0.1, -0.05) is 6.92 Å². The van der Waals surface area contributed by atoms with Gasteiger partial charge in [-0.15, -0.1) is 11.3 Å². The maximum atomic E-state index is 5.74. The molecule has 5 heteroatoms. The number of nitrogens with two attached hydrogens (primary N) is 1. The number of halogens is 1. The van der Waals surface area contributed by atoms with Gasteiger partial charge in [0.05, 0.1) is 6.04 Å². The maximum absolute atomic E-state index is 5.74. The molecule has 0 aliphatic heterocycles. The van der Waals surface area contributed by atoms with Gasteiger partial charge in [0, 0.05) is 14.9 Å². The molecule has 0 saturated carbocycles. The van der Waals surface area contributed by atoms with Gasteiger partial charge < -0.3 is 4.90 Å². The second-order valence-corrected chi connectivity index (χ2v) is 6.14. The molecule has 16 heavy (non-hydrogen) atoms. The smallest absolute Gasteiger partial charge is 0.0745 e. The van der Waals surface area contributed by atoms with Crippen LogP contribution in [0.4, 0.5) is 0 Å². The minimum atomic E-state index is 0.00211. The summed E-state index contributed by atoms with van der Waals surface area (Å²) in [6.07, 6.45) is 1.03. The molecule has 1 aromatic heterocycles. The summed E-state index contributed by atoms with van der Waals surface area (Å²) >= 11 is 5.30. The summed E-state index contributed by atoms with van der Waals surface area (Å²) in [6.45, 7) is 4.41. The van der Waals surface area contributed by atoms with E-state index in [0.29, 0.717) is 0 Å². The average molecular weight is 306 g/mol. The summed E-state index contributed by atoms with van der Waals surface area (Å²) in [4.78, 5) is 3.48. The van der Waals surface area contributed by atoms with Gasteiger partial charge in [-0.05, 0) is 54.8 Å². The van der Waals surface area contributed by atoms with Crippen LogP contribution in [0.5, 0.6) is 0 Å². The minimum absolute atomic E-state index is 0.00211. The van der Waals surface area contributed by atoms with Gasteiger partial charge in [0.1, 0.15) is 0 Å². The van der Waals surface area contributed by atoms with Crippen LogP contribution in [0.15, 0.2) is 15.9 Å². The molecule has 1 aromatic rings. The summed E-state index contributed by atoms with van der Waals surface area (Å²) in [5.74, 6) is 5.74. The molecule has 1 rings (SSSR count). The Hall–Kier alpha value is 0.0600. The Morgan fingerprint density at radius 2 is 2.25 bits per heavy atom. The molecule has 3 N–H and O–H groups in total. The van der Waals surface area contributed by atoms with E-state index in [0.717, 1.165) is 10.9 Å². The van der Waals surface area contributed by atoms with Crippen molar-refractivity contribution < 1.29 is 0 Å². The van der Waals surface area contributed by atoms with Crippen molar-refractivity contribution in [3.63, 3.8) is 0 Å². The molecule has 0 spiro atoms. The number of rotatable bonds is 5. The van der Waals surface area contributed by atoms with Crippen LogP contribution in [-0.2, 0) is 0 Å². The normalized spacial score (nSPS) is 17.4. The zero-order chi connectivity index (χ0) is 12.3. The monoisotopic (exact) mass is 305 g/mol. The lowest BCUT2D eigenvalue weighted by Gasteiger charge is -2.42. The lowest BCUT2D eigenvalue weighted by atomic mass is 9.87. The number of nitrogens with zero attached hydrogens (tertiary/aromatic N) is 1. The van der Waals surface area contributed by atoms with Crippen LogP contribution in [0.2, 0.25) is 0 Å². The fraction of sp³-hybridized carbons (Fsp3) is 0.636. The lowest BCUT2D eigenvalue weighted by Crippen LogP contribution is -2.52. The molecular weight excluding hydrogens is 286 g/mol. The molecule has 1 heterocycles. The zero-order valence-corrected chi connectivity index (χ0v) is 12.7. The number of hydrogen-bond donors (Lipinski definition) is 2. The number of hydrazine groups is 1. The predicted molar refractivity (Wildman–Crippen MR) is 74.5 cm³/mol. The first-order valence-electron chi connectivity index (χ1n) is 5.33. The van der Waals surface area contributed by atoms with Crippen LogP contribution in [-0.4, -0.2) is 24.5 Å². The minimum Gasteiger partial charge on any atom is -0.302 e. The van der Waals surface area contributed by atoms with Gasteiger partial charge in [0.15, 0.2) is 0 Å². The highest BCUT2D eigenvalue weighted by Crippen LogP contribution is 2.38. The molecule has 2 atom stereocenters. The van der Waals surface area contributed by atoms with E-state index in [1.807, 2.05) is 0 Å². The molecule has 0 aliphatic carbocycles. The summed E-state index contributed by atoms with van der Waals surface area (Å²) in [7, 11) is 4.19. The van der Waals surface area contributed by atoms with Crippen molar-refractivity contribution in [2.45, 2.75) is 31.8 Å². The highest BCUT2D eigenvalue weighted by Gasteiger charge is 2.36. The van der Waals surface area contributed by atoms with E-state index in [2.05, 4.69) is 65.6 Å². The Kier molecular flexibility index (Phi) is 4.94. The standard InChI is InChI=1S/C11H20BrN3S/c1-5-11(2,15(3)4)10(14-13)9-8(12)6-7-16-9/h6-7,10,14H,5,13H2,1-4H3. The highest BCUT2D eigenvalue weighted by atomic mass is 79.9. The summed E-state index contributed by atoms with van der Waals surface area (Å²) < 4.78 is 1.13. The van der Waals surface area contributed by atoms with E-state index >= 15 is 0 Å². The first-order valence-corrected chi connectivity index (χ1v) is 7.01. The summed E-state index contributed by atoms with van der Waals surface area (Å²) in [5.41, 5.74) is 2.96. The van der Waals surface area contributed by atoms with E-state index in [1.54, 1.807) is 11.3 Å². The van der Waals surface area contributed by atoms with E-state index in [1.165, 1.54) is 4.88 Å². The number of thiophene rings is 1. The van der Waals surface area contributed by atoms with Crippen molar-refractivity contribution in [3.8, 4) is 0 Å². The third-order valence-corrected chi connectivity index (χ3v) is 5.37. The predicted octanol–water partition coefficient (Wildman–Crippen LogP) is 2.75. The van der Waals surface area contributed by atoms with E-state index in [4.69, 9.17) is 5.84 Å². The fourth-order valence-electron chi connectivity index (χ4n) is 1.83.